The number of rotatable bonds is 7. The van der Waals surface area contributed by atoms with Crippen molar-refractivity contribution in [3.8, 4) is 5.75 Å². The average molecular weight is 339 g/mol. The molecule has 0 bridgehead atoms. The van der Waals surface area contributed by atoms with Crippen molar-refractivity contribution in [2.75, 3.05) is 26.7 Å². The Hall–Kier alpha value is -1.84. The number of nitrogens with zero attached hydrogens (tertiary/aromatic N) is 1. The van der Waals surface area contributed by atoms with E-state index >= 15 is 0 Å². The summed E-state index contributed by atoms with van der Waals surface area (Å²) in [6.07, 6.45) is 4.47. The lowest BCUT2D eigenvalue weighted by Crippen LogP contribution is -2.45. The van der Waals surface area contributed by atoms with Crippen LogP contribution in [0.15, 0.2) is 54.6 Å². The smallest absolute Gasteiger partial charge is 0.122 e. The van der Waals surface area contributed by atoms with E-state index in [-0.39, 0.29) is 0 Å². The molecule has 1 fully saturated rings. The van der Waals surface area contributed by atoms with Crippen LogP contribution in [0.5, 0.6) is 5.75 Å². The number of likely N-dealkylation sites (tertiary alicyclic amines) is 1. The van der Waals surface area contributed by atoms with E-state index in [1.54, 1.807) is 7.11 Å². The fourth-order valence-electron chi connectivity index (χ4n) is 3.65. The number of hydrogen-bond donors (Lipinski definition) is 1. The van der Waals surface area contributed by atoms with Gasteiger partial charge in [-0.2, -0.15) is 0 Å². The fraction of sp³-hybridized carbons (Fsp3) is 0.455. The number of benzene rings is 2. The maximum atomic E-state index is 10.9. The molecule has 0 atom stereocenters. The van der Waals surface area contributed by atoms with Crippen molar-refractivity contribution in [3.05, 3.63) is 65.7 Å². The standard InChI is InChI=1S/C22H29NO2/c1-25-21-10-6-5-9-20(21)11-13-22(24)14-17-23(18-15-22)16-12-19-7-3-2-4-8-19/h2-10,24H,11-18H2,1H3. The summed E-state index contributed by atoms with van der Waals surface area (Å²) < 4.78 is 5.42. The van der Waals surface area contributed by atoms with Gasteiger partial charge in [0.05, 0.1) is 12.7 Å². The Morgan fingerprint density at radius 3 is 2.36 bits per heavy atom. The maximum Gasteiger partial charge on any atom is 0.122 e. The molecule has 0 unspecified atom stereocenters. The van der Waals surface area contributed by atoms with Crippen LogP contribution in [0.3, 0.4) is 0 Å². The molecule has 0 aliphatic carbocycles. The van der Waals surface area contributed by atoms with E-state index in [0.29, 0.717) is 0 Å². The van der Waals surface area contributed by atoms with E-state index in [1.807, 2.05) is 18.2 Å². The molecule has 3 nitrogen and oxygen atoms in total. The van der Waals surface area contributed by atoms with Gasteiger partial charge < -0.3 is 14.7 Å². The third-order valence-corrected chi connectivity index (χ3v) is 5.40. The van der Waals surface area contributed by atoms with Gasteiger partial charge in [-0.1, -0.05) is 48.5 Å². The highest BCUT2D eigenvalue weighted by molar-refractivity contribution is 5.33. The van der Waals surface area contributed by atoms with Crippen molar-refractivity contribution in [1.82, 2.24) is 4.90 Å². The highest BCUT2D eigenvalue weighted by atomic mass is 16.5. The van der Waals surface area contributed by atoms with E-state index < -0.39 is 5.60 Å². The van der Waals surface area contributed by atoms with Crippen LogP contribution in [0, 0.1) is 0 Å². The molecule has 2 aromatic rings. The molecule has 1 N–H and O–H groups in total. The van der Waals surface area contributed by atoms with Gasteiger partial charge in [0.2, 0.25) is 0 Å². The lowest BCUT2D eigenvalue weighted by molar-refractivity contribution is -0.0270. The molecule has 25 heavy (non-hydrogen) atoms. The molecule has 134 valence electrons. The minimum absolute atomic E-state index is 0.538. The summed E-state index contributed by atoms with van der Waals surface area (Å²) in [5.41, 5.74) is 2.04. The first-order valence-electron chi connectivity index (χ1n) is 9.29. The van der Waals surface area contributed by atoms with E-state index in [2.05, 4.69) is 41.3 Å². The molecule has 0 aromatic heterocycles. The van der Waals surface area contributed by atoms with Crippen LogP contribution < -0.4 is 4.74 Å². The Kier molecular flexibility index (Phi) is 6.11. The number of ether oxygens (including phenoxy) is 1. The minimum atomic E-state index is -0.538. The number of aryl methyl sites for hydroxylation is 1. The molecule has 0 radical (unpaired) electrons. The van der Waals surface area contributed by atoms with Gasteiger partial charge >= 0.3 is 0 Å². The third-order valence-electron chi connectivity index (χ3n) is 5.40. The van der Waals surface area contributed by atoms with E-state index in [4.69, 9.17) is 4.74 Å². The normalized spacial score (nSPS) is 17.4. The van der Waals surface area contributed by atoms with Crippen molar-refractivity contribution in [2.45, 2.75) is 37.7 Å². The first-order valence-corrected chi connectivity index (χ1v) is 9.29. The third kappa shape index (κ3) is 5.07. The summed E-state index contributed by atoms with van der Waals surface area (Å²) in [6, 6.07) is 18.7. The molecular weight excluding hydrogens is 310 g/mol. The lowest BCUT2D eigenvalue weighted by atomic mass is 9.85. The van der Waals surface area contributed by atoms with Crippen molar-refractivity contribution in [1.29, 1.82) is 0 Å². The summed E-state index contributed by atoms with van der Waals surface area (Å²) in [4.78, 5) is 2.48. The van der Waals surface area contributed by atoms with Gasteiger partial charge in [0.15, 0.2) is 0 Å². The second-order valence-electron chi connectivity index (χ2n) is 7.11. The Morgan fingerprint density at radius 2 is 1.64 bits per heavy atom. The predicted molar refractivity (Wildman–Crippen MR) is 102 cm³/mol. The second kappa shape index (κ2) is 8.50. The molecule has 0 spiro atoms. The number of para-hydroxylation sites is 1. The van der Waals surface area contributed by atoms with Gasteiger partial charge in [-0.15, -0.1) is 0 Å². The first-order chi connectivity index (χ1) is 12.2. The summed E-state index contributed by atoms with van der Waals surface area (Å²) >= 11 is 0. The Bertz CT molecular complexity index is 648. The summed E-state index contributed by atoms with van der Waals surface area (Å²) in [5, 5.41) is 10.9. The van der Waals surface area contributed by atoms with Crippen LogP contribution in [0.1, 0.15) is 30.4 Å². The zero-order valence-corrected chi connectivity index (χ0v) is 15.2. The second-order valence-corrected chi connectivity index (χ2v) is 7.11. The summed E-state index contributed by atoms with van der Waals surface area (Å²) in [7, 11) is 1.71. The Morgan fingerprint density at radius 1 is 0.960 bits per heavy atom. The summed E-state index contributed by atoms with van der Waals surface area (Å²) in [5.74, 6) is 0.923. The lowest BCUT2D eigenvalue weighted by Gasteiger charge is -2.38. The zero-order chi connectivity index (χ0) is 17.5. The topological polar surface area (TPSA) is 32.7 Å². The molecule has 3 heteroatoms. The quantitative estimate of drug-likeness (QED) is 0.835. The highest BCUT2D eigenvalue weighted by Gasteiger charge is 2.31. The molecule has 1 aliphatic heterocycles. The summed E-state index contributed by atoms with van der Waals surface area (Å²) in [6.45, 7) is 3.04. The molecule has 2 aromatic carbocycles. The first kappa shape index (κ1) is 18.0. The SMILES string of the molecule is COc1ccccc1CCC1(O)CCN(CCc2ccccc2)CC1. The van der Waals surface area contributed by atoms with Crippen molar-refractivity contribution < 1.29 is 9.84 Å². The monoisotopic (exact) mass is 339 g/mol. The van der Waals surface area contributed by atoms with Gasteiger partial charge in [-0.05, 0) is 49.3 Å². The molecule has 1 heterocycles. The van der Waals surface area contributed by atoms with Crippen LogP contribution >= 0.6 is 0 Å². The van der Waals surface area contributed by atoms with Gasteiger partial charge in [0, 0.05) is 19.6 Å². The van der Waals surface area contributed by atoms with Crippen LogP contribution in [-0.4, -0.2) is 42.4 Å². The average Bonchev–Trinajstić information content (AvgIpc) is 2.67. The van der Waals surface area contributed by atoms with E-state index in [9.17, 15) is 5.11 Å². The van der Waals surface area contributed by atoms with Gasteiger partial charge in [0.25, 0.3) is 0 Å². The molecule has 1 aliphatic rings. The molecule has 0 saturated carbocycles. The number of piperidine rings is 1. The van der Waals surface area contributed by atoms with Gasteiger partial charge in [-0.25, -0.2) is 0 Å². The van der Waals surface area contributed by atoms with Crippen LogP contribution in [0.25, 0.3) is 0 Å². The maximum absolute atomic E-state index is 10.9. The molecular formula is C22H29NO2. The molecule has 3 rings (SSSR count). The number of hydrogen-bond acceptors (Lipinski definition) is 3. The van der Waals surface area contributed by atoms with Crippen LogP contribution in [0.2, 0.25) is 0 Å². The molecule has 0 amide bonds. The minimum Gasteiger partial charge on any atom is -0.496 e. The van der Waals surface area contributed by atoms with Crippen LogP contribution in [0.4, 0.5) is 0 Å². The van der Waals surface area contributed by atoms with E-state index in [0.717, 1.165) is 57.5 Å². The predicted octanol–water partition coefficient (Wildman–Crippen LogP) is 3.70. The van der Waals surface area contributed by atoms with Crippen molar-refractivity contribution in [2.24, 2.45) is 0 Å². The largest absolute Gasteiger partial charge is 0.496 e. The Labute approximate surface area is 151 Å². The zero-order valence-electron chi connectivity index (χ0n) is 15.2. The van der Waals surface area contributed by atoms with Crippen molar-refractivity contribution >= 4 is 0 Å². The van der Waals surface area contributed by atoms with E-state index in [1.165, 1.54) is 11.1 Å². The Balaban J connectivity index is 1.45. The fourth-order valence-corrected chi connectivity index (χ4v) is 3.65. The number of methoxy groups -OCH3 is 1. The highest BCUT2D eigenvalue weighted by Crippen LogP contribution is 2.29. The van der Waals surface area contributed by atoms with Crippen molar-refractivity contribution in [3.63, 3.8) is 0 Å². The van der Waals surface area contributed by atoms with Gasteiger partial charge in [0.1, 0.15) is 5.75 Å². The van der Waals surface area contributed by atoms with Gasteiger partial charge in [-0.3, -0.25) is 0 Å². The number of aliphatic hydroxyl groups is 1. The van der Waals surface area contributed by atoms with Crippen LogP contribution in [-0.2, 0) is 12.8 Å². The molecule has 1 saturated heterocycles.